The Balaban J connectivity index is 2.37. The van der Waals surface area contributed by atoms with E-state index < -0.39 is 67.1 Å². The number of aliphatic carboxylic acids is 1. The van der Waals surface area contributed by atoms with Gasteiger partial charge in [0.2, 0.25) is 5.60 Å². The van der Waals surface area contributed by atoms with Gasteiger partial charge in [0.1, 0.15) is 21.6 Å². The van der Waals surface area contributed by atoms with Crippen molar-refractivity contribution < 1.29 is 45.7 Å². The average molecular weight is 514 g/mol. The van der Waals surface area contributed by atoms with Crippen LogP contribution in [-0.2, 0) is 39.4 Å². The minimum Gasteiger partial charge on any atom is -0.478 e. The van der Waals surface area contributed by atoms with Crippen molar-refractivity contribution in [3.05, 3.63) is 11.1 Å². The predicted molar refractivity (Wildman–Crippen MR) is 110 cm³/mol. The molecule has 1 aromatic rings. The zero-order chi connectivity index (χ0) is 24.6. The lowest BCUT2D eigenvalue weighted by molar-refractivity contribution is -0.161. The zero-order valence-corrected chi connectivity index (χ0v) is 19.2. The SMILES string of the molecule is CC(C)(ON=C(C(=O)N[C@H]1C(=O)N(S(=O)(=O)O)[C@H]1CS(C)(=O)=O)c1csc(N)n1)C(=O)O. The van der Waals surface area contributed by atoms with Crippen LogP contribution >= 0.6 is 11.3 Å². The molecule has 178 valence electrons. The van der Waals surface area contributed by atoms with Gasteiger partial charge in [-0.1, -0.05) is 5.16 Å². The number of β-lactam (4-membered cyclic amide) rings is 1. The summed E-state index contributed by atoms with van der Waals surface area (Å²) in [4.78, 5) is 44.9. The van der Waals surface area contributed by atoms with Crippen LogP contribution in [0.2, 0.25) is 0 Å². The third-order valence-corrected chi connectivity index (χ3v) is 6.61. The summed E-state index contributed by atoms with van der Waals surface area (Å²) in [6.45, 7) is 2.29. The van der Waals surface area contributed by atoms with E-state index in [0.29, 0.717) is 0 Å². The zero-order valence-electron chi connectivity index (χ0n) is 16.7. The summed E-state index contributed by atoms with van der Waals surface area (Å²) in [6.07, 6.45) is 0.767. The van der Waals surface area contributed by atoms with Gasteiger partial charge in [0.05, 0.1) is 11.8 Å². The number of carboxylic acids is 1. The van der Waals surface area contributed by atoms with Crippen LogP contribution in [0.25, 0.3) is 0 Å². The number of nitrogens with zero attached hydrogens (tertiary/aromatic N) is 3. The quantitative estimate of drug-likeness (QED) is 0.120. The van der Waals surface area contributed by atoms with Crippen molar-refractivity contribution in [2.24, 2.45) is 5.16 Å². The maximum Gasteiger partial charge on any atom is 0.362 e. The normalized spacial score (nSPS) is 19.9. The Bertz CT molecular complexity index is 1190. The van der Waals surface area contributed by atoms with Crippen molar-refractivity contribution in [3.63, 3.8) is 0 Å². The first-order chi connectivity index (χ1) is 14.4. The number of hydrogen-bond donors (Lipinski definition) is 4. The van der Waals surface area contributed by atoms with Gasteiger partial charge in [0, 0.05) is 11.6 Å². The van der Waals surface area contributed by atoms with Crippen molar-refractivity contribution in [1.29, 1.82) is 0 Å². The lowest BCUT2D eigenvalue weighted by Crippen LogP contribution is -2.74. The number of nitrogens with two attached hydrogens (primary N) is 1. The topological polar surface area (TPSA) is 236 Å². The lowest BCUT2D eigenvalue weighted by Gasteiger charge is -2.43. The maximum atomic E-state index is 12.8. The second-order valence-electron chi connectivity index (χ2n) is 7.14. The van der Waals surface area contributed by atoms with E-state index in [9.17, 15) is 35.8 Å². The van der Waals surface area contributed by atoms with Crippen molar-refractivity contribution in [2.75, 3.05) is 17.7 Å². The minimum atomic E-state index is -5.09. The monoisotopic (exact) mass is 513 g/mol. The molecule has 0 saturated carbocycles. The summed E-state index contributed by atoms with van der Waals surface area (Å²) < 4.78 is 55.2. The number of carbonyl (C=O) groups excluding carboxylic acids is 2. The number of thiazole rings is 1. The van der Waals surface area contributed by atoms with Crippen LogP contribution in [0, 0.1) is 0 Å². The molecule has 0 unspecified atom stereocenters. The highest BCUT2D eigenvalue weighted by molar-refractivity contribution is 7.90. The molecule has 2 atom stereocenters. The summed E-state index contributed by atoms with van der Waals surface area (Å²) in [7, 11) is -8.94. The third-order valence-electron chi connectivity index (χ3n) is 4.04. The number of oxime groups is 1. The summed E-state index contributed by atoms with van der Waals surface area (Å²) in [6, 6.07) is -3.29. The van der Waals surface area contributed by atoms with Crippen LogP contribution in [0.4, 0.5) is 5.13 Å². The van der Waals surface area contributed by atoms with E-state index in [1.807, 2.05) is 0 Å². The molecule has 15 nitrogen and oxygen atoms in total. The molecule has 1 aliphatic rings. The fraction of sp³-hybridized carbons (Fsp3) is 0.500. The van der Waals surface area contributed by atoms with Gasteiger partial charge < -0.3 is 21.0 Å². The van der Waals surface area contributed by atoms with Crippen LogP contribution in [0.5, 0.6) is 0 Å². The highest BCUT2D eigenvalue weighted by Crippen LogP contribution is 2.25. The van der Waals surface area contributed by atoms with Crippen molar-refractivity contribution in [2.45, 2.75) is 31.5 Å². The molecule has 0 aliphatic carbocycles. The first-order valence-electron chi connectivity index (χ1n) is 8.44. The molecule has 1 saturated heterocycles. The van der Waals surface area contributed by atoms with Gasteiger partial charge in [-0.15, -0.1) is 11.3 Å². The molecule has 0 bridgehead atoms. The van der Waals surface area contributed by atoms with Gasteiger partial charge in [0.25, 0.3) is 11.8 Å². The molecule has 5 N–H and O–H groups in total. The number of nitrogen functional groups attached to an aromatic ring is 1. The fourth-order valence-electron chi connectivity index (χ4n) is 2.44. The smallest absolute Gasteiger partial charge is 0.362 e. The Morgan fingerprint density at radius 1 is 1.38 bits per heavy atom. The summed E-state index contributed by atoms with van der Waals surface area (Å²) in [5.41, 5.74) is 2.91. The minimum absolute atomic E-state index is 0.0187. The van der Waals surface area contributed by atoms with Gasteiger partial charge in [0.15, 0.2) is 10.8 Å². The van der Waals surface area contributed by atoms with E-state index >= 15 is 0 Å². The molecule has 2 amide bonds. The fourth-order valence-corrected chi connectivity index (χ4v) is 4.93. The number of anilines is 1. The van der Waals surface area contributed by atoms with Crippen LogP contribution in [0.3, 0.4) is 0 Å². The number of hydrogen-bond acceptors (Lipinski definition) is 12. The number of sulfone groups is 1. The second kappa shape index (κ2) is 8.60. The van der Waals surface area contributed by atoms with E-state index in [-0.39, 0.29) is 15.1 Å². The van der Waals surface area contributed by atoms with Crippen LogP contribution < -0.4 is 11.1 Å². The highest BCUT2D eigenvalue weighted by Gasteiger charge is 2.55. The van der Waals surface area contributed by atoms with Gasteiger partial charge in [-0.2, -0.15) is 8.42 Å². The molecule has 2 rings (SSSR count). The Hall–Kier alpha value is -2.83. The Kier molecular flexibility index (Phi) is 6.84. The number of nitrogens with one attached hydrogen (secondary N) is 1. The van der Waals surface area contributed by atoms with Gasteiger partial charge in [-0.3, -0.25) is 14.1 Å². The second-order valence-corrected chi connectivity index (χ2v) is 11.5. The van der Waals surface area contributed by atoms with Crippen molar-refractivity contribution in [1.82, 2.24) is 14.6 Å². The number of aromatic nitrogens is 1. The van der Waals surface area contributed by atoms with E-state index in [4.69, 9.17) is 15.7 Å². The summed E-state index contributed by atoms with van der Waals surface area (Å²) in [5.74, 6) is -4.76. The molecule has 2 heterocycles. The first-order valence-corrected chi connectivity index (χ1v) is 12.8. The van der Waals surface area contributed by atoms with Crippen LogP contribution in [0.15, 0.2) is 10.5 Å². The van der Waals surface area contributed by atoms with E-state index in [2.05, 4.69) is 15.5 Å². The molecule has 32 heavy (non-hydrogen) atoms. The summed E-state index contributed by atoms with van der Waals surface area (Å²) in [5, 5.41) is 16.0. The Morgan fingerprint density at radius 2 is 1.97 bits per heavy atom. The Labute approximate surface area is 186 Å². The molecule has 1 aliphatic heterocycles. The molecule has 1 fully saturated rings. The molecule has 0 radical (unpaired) electrons. The molecule has 18 heteroatoms. The van der Waals surface area contributed by atoms with Crippen molar-refractivity contribution >= 4 is 60.1 Å². The van der Waals surface area contributed by atoms with Gasteiger partial charge in [-0.05, 0) is 13.8 Å². The number of amides is 2. The van der Waals surface area contributed by atoms with Crippen LogP contribution in [-0.4, -0.2) is 89.0 Å². The lowest BCUT2D eigenvalue weighted by atomic mass is 10.0. The van der Waals surface area contributed by atoms with Crippen molar-refractivity contribution in [3.8, 4) is 0 Å². The first kappa shape index (κ1) is 25.4. The third kappa shape index (κ3) is 5.69. The molecule has 0 spiro atoms. The average Bonchev–Trinajstić information content (AvgIpc) is 3.03. The highest BCUT2D eigenvalue weighted by atomic mass is 32.2. The number of carbonyl (C=O) groups is 3. The largest absolute Gasteiger partial charge is 0.478 e. The molecular formula is C14H19N5O10S3. The van der Waals surface area contributed by atoms with Gasteiger partial charge >= 0.3 is 16.3 Å². The maximum absolute atomic E-state index is 12.8. The standard InChI is InChI=1S/C14H19N5O10S3/c1-14(2,12(22)23)29-18-8(6-4-30-13(15)16-6)10(20)17-9-7(5-31(3,24)25)19(11(9)21)32(26,27)28/h4,7,9H,5H2,1-3H3,(H2,15,16)(H,17,20)(H,22,23)(H,26,27,28)/t7-,9+/m0/s1. The van der Waals surface area contributed by atoms with Crippen LogP contribution in [0.1, 0.15) is 19.5 Å². The molecule has 0 aromatic carbocycles. The summed E-state index contributed by atoms with van der Waals surface area (Å²) >= 11 is 0.908. The number of carboxylic acid groups (broad SMARTS) is 1. The van der Waals surface area contributed by atoms with E-state index in [1.54, 1.807) is 0 Å². The van der Waals surface area contributed by atoms with E-state index in [0.717, 1.165) is 31.4 Å². The number of rotatable bonds is 9. The molecular weight excluding hydrogens is 494 g/mol. The molecule has 1 aromatic heterocycles. The Morgan fingerprint density at radius 3 is 2.41 bits per heavy atom. The van der Waals surface area contributed by atoms with Gasteiger partial charge in [-0.25, -0.2) is 22.5 Å². The van der Waals surface area contributed by atoms with E-state index in [1.165, 1.54) is 5.38 Å². The predicted octanol–water partition coefficient (Wildman–Crippen LogP) is -2.15.